The molecule has 3 aromatic rings. The Balaban J connectivity index is 1.74. The molecule has 0 radical (unpaired) electrons. The third-order valence-corrected chi connectivity index (χ3v) is 5.18. The number of hydrogen-bond donors (Lipinski definition) is 2. The number of rotatable bonds is 7. The van der Waals surface area contributed by atoms with Crippen molar-refractivity contribution in [1.29, 1.82) is 0 Å². The second kappa shape index (κ2) is 7.98. The van der Waals surface area contributed by atoms with E-state index in [2.05, 4.69) is 4.72 Å². The number of carboxylic acid groups (broad SMARTS) is 1. The Labute approximate surface area is 165 Å². The Hall–Kier alpha value is -3.92. The maximum absolute atomic E-state index is 12.5. The molecule has 0 aromatic heterocycles. The minimum absolute atomic E-state index is 0.0444. The zero-order valence-corrected chi connectivity index (χ0v) is 15.5. The number of non-ortho nitro benzene ring substituents is 1. The summed E-state index contributed by atoms with van der Waals surface area (Å²) >= 11 is 0. The van der Waals surface area contributed by atoms with Crippen molar-refractivity contribution in [3.8, 4) is 11.5 Å². The fourth-order valence-electron chi connectivity index (χ4n) is 2.39. The quantitative estimate of drug-likeness (QED) is 0.442. The smallest absolute Gasteiger partial charge is 0.335 e. The Kier molecular flexibility index (Phi) is 5.46. The molecule has 0 spiro atoms. The molecule has 0 heterocycles. The first-order valence-corrected chi connectivity index (χ1v) is 9.61. The van der Waals surface area contributed by atoms with Gasteiger partial charge in [-0.15, -0.1) is 0 Å². The topological polar surface area (TPSA) is 136 Å². The van der Waals surface area contributed by atoms with Gasteiger partial charge in [0.15, 0.2) is 0 Å². The first-order chi connectivity index (χ1) is 13.7. The van der Waals surface area contributed by atoms with Gasteiger partial charge in [-0.3, -0.25) is 14.8 Å². The van der Waals surface area contributed by atoms with Crippen LogP contribution in [0, 0.1) is 10.1 Å². The number of aromatic carboxylic acids is 1. The number of sulfonamides is 1. The van der Waals surface area contributed by atoms with E-state index in [-0.39, 0.29) is 21.8 Å². The highest BCUT2D eigenvalue weighted by atomic mass is 32.2. The third kappa shape index (κ3) is 4.87. The summed E-state index contributed by atoms with van der Waals surface area (Å²) in [6.07, 6.45) is 0. The fraction of sp³-hybridized carbons (Fsp3) is 0. The molecule has 0 aliphatic heterocycles. The number of ether oxygens (including phenoxy) is 1. The van der Waals surface area contributed by atoms with Gasteiger partial charge >= 0.3 is 5.97 Å². The minimum atomic E-state index is -3.93. The highest BCUT2D eigenvalue weighted by Crippen LogP contribution is 2.25. The standard InChI is InChI=1S/C19H14N2O7S/c22-19(23)13-2-1-3-14(12-13)20-29(26,27)18-10-8-17(9-11-18)28-16-6-4-15(5-7-16)21(24)25/h1-12,20H,(H,22,23). The number of carboxylic acids is 1. The van der Waals surface area contributed by atoms with Gasteiger partial charge in [0.2, 0.25) is 0 Å². The molecule has 0 saturated heterocycles. The van der Waals surface area contributed by atoms with Crippen molar-refractivity contribution in [3.63, 3.8) is 0 Å². The average molecular weight is 414 g/mol. The van der Waals surface area contributed by atoms with E-state index in [4.69, 9.17) is 9.84 Å². The summed E-state index contributed by atoms with van der Waals surface area (Å²) in [6, 6.07) is 16.4. The van der Waals surface area contributed by atoms with Crippen LogP contribution in [-0.4, -0.2) is 24.4 Å². The van der Waals surface area contributed by atoms with Gasteiger partial charge in [0, 0.05) is 17.8 Å². The zero-order chi connectivity index (χ0) is 21.0. The summed E-state index contributed by atoms with van der Waals surface area (Å²) in [6.45, 7) is 0. The van der Waals surface area contributed by atoms with E-state index in [9.17, 15) is 23.3 Å². The van der Waals surface area contributed by atoms with Gasteiger partial charge in [-0.05, 0) is 54.6 Å². The Morgan fingerprint density at radius 1 is 0.966 bits per heavy atom. The van der Waals surface area contributed by atoms with Crippen LogP contribution in [0.4, 0.5) is 11.4 Å². The second-order valence-corrected chi connectivity index (χ2v) is 7.50. The van der Waals surface area contributed by atoms with E-state index in [1.807, 2.05) is 0 Å². The van der Waals surface area contributed by atoms with Gasteiger partial charge in [0.05, 0.1) is 15.4 Å². The fourth-order valence-corrected chi connectivity index (χ4v) is 3.44. The largest absolute Gasteiger partial charge is 0.478 e. The number of anilines is 1. The molecular weight excluding hydrogens is 400 g/mol. The van der Waals surface area contributed by atoms with E-state index >= 15 is 0 Å². The number of nitrogens with one attached hydrogen (secondary N) is 1. The predicted molar refractivity (Wildman–Crippen MR) is 104 cm³/mol. The van der Waals surface area contributed by atoms with Crippen molar-refractivity contribution >= 4 is 27.4 Å². The van der Waals surface area contributed by atoms with Gasteiger partial charge in [-0.1, -0.05) is 6.07 Å². The van der Waals surface area contributed by atoms with E-state index < -0.39 is 20.9 Å². The van der Waals surface area contributed by atoms with Crippen LogP contribution in [0.2, 0.25) is 0 Å². The van der Waals surface area contributed by atoms with Crippen molar-refractivity contribution in [2.75, 3.05) is 4.72 Å². The molecule has 29 heavy (non-hydrogen) atoms. The first-order valence-electron chi connectivity index (χ1n) is 8.13. The molecule has 10 heteroatoms. The van der Waals surface area contributed by atoms with E-state index in [1.165, 1.54) is 72.8 Å². The van der Waals surface area contributed by atoms with Crippen LogP contribution in [0.25, 0.3) is 0 Å². The number of carbonyl (C=O) groups is 1. The average Bonchev–Trinajstić information content (AvgIpc) is 2.68. The number of hydrogen-bond acceptors (Lipinski definition) is 6. The van der Waals surface area contributed by atoms with Crippen LogP contribution in [0.3, 0.4) is 0 Å². The molecule has 0 unspecified atom stereocenters. The van der Waals surface area contributed by atoms with Crippen LogP contribution >= 0.6 is 0 Å². The van der Waals surface area contributed by atoms with Crippen LogP contribution in [0.5, 0.6) is 11.5 Å². The molecule has 2 N–H and O–H groups in total. The summed E-state index contributed by atoms with van der Waals surface area (Å²) in [5.41, 5.74) is 0.00462. The SMILES string of the molecule is O=C(O)c1cccc(NS(=O)(=O)c2ccc(Oc3ccc([N+](=O)[O-])cc3)cc2)c1. The lowest BCUT2D eigenvalue weighted by molar-refractivity contribution is -0.384. The highest BCUT2D eigenvalue weighted by molar-refractivity contribution is 7.92. The molecule has 0 fully saturated rings. The number of nitro groups is 1. The van der Waals surface area contributed by atoms with Gasteiger partial charge < -0.3 is 9.84 Å². The molecule has 3 rings (SSSR count). The molecule has 9 nitrogen and oxygen atoms in total. The zero-order valence-electron chi connectivity index (χ0n) is 14.7. The van der Waals surface area contributed by atoms with Crippen molar-refractivity contribution < 1.29 is 28.0 Å². The maximum atomic E-state index is 12.5. The van der Waals surface area contributed by atoms with E-state index in [1.54, 1.807) is 0 Å². The third-order valence-electron chi connectivity index (χ3n) is 3.78. The Bertz CT molecular complexity index is 1160. The van der Waals surface area contributed by atoms with Gasteiger partial charge in [-0.2, -0.15) is 0 Å². The van der Waals surface area contributed by atoms with Crippen LogP contribution < -0.4 is 9.46 Å². The lowest BCUT2D eigenvalue weighted by atomic mass is 10.2. The Morgan fingerprint density at radius 3 is 2.10 bits per heavy atom. The second-order valence-electron chi connectivity index (χ2n) is 5.82. The Morgan fingerprint density at radius 2 is 1.55 bits per heavy atom. The number of benzene rings is 3. The van der Waals surface area contributed by atoms with Crippen LogP contribution in [0.1, 0.15) is 10.4 Å². The molecule has 0 amide bonds. The summed E-state index contributed by atoms with van der Waals surface area (Å²) in [7, 11) is -3.93. The molecule has 0 atom stereocenters. The minimum Gasteiger partial charge on any atom is -0.478 e. The normalized spacial score (nSPS) is 10.9. The molecule has 0 bridgehead atoms. The summed E-state index contributed by atoms with van der Waals surface area (Å²) in [5, 5.41) is 19.7. The first kappa shape index (κ1) is 19.8. The maximum Gasteiger partial charge on any atom is 0.335 e. The van der Waals surface area contributed by atoms with Crippen LogP contribution in [-0.2, 0) is 10.0 Å². The number of nitrogens with zero attached hydrogens (tertiary/aromatic N) is 1. The van der Waals surface area contributed by atoms with Crippen LogP contribution in [0.15, 0.2) is 77.7 Å². The summed E-state index contributed by atoms with van der Waals surface area (Å²) in [4.78, 5) is 21.1. The van der Waals surface area contributed by atoms with E-state index in [0.29, 0.717) is 11.5 Å². The summed E-state index contributed by atoms with van der Waals surface area (Å²) in [5.74, 6) is -0.473. The molecule has 0 aliphatic carbocycles. The highest BCUT2D eigenvalue weighted by Gasteiger charge is 2.15. The molecule has 0 saturated carbocycles. The number of nitro benzene ring substituents is 1. The molecule has 3 aromatic carbocycles. The van der Waals surface area contributed by atoms with Gasteiger partial charge in [0.25, 0.3) is 15.7 Å². The molecule has 148 valence electrons. The molecular formula is C19H14N2O7S. The lowest BCUT2D eigenvalue weighted by Gasteiger charge is -2.10. The predicted octanol–water partition coefficient (Wildman–Crippen LogP) is 3.89. The van der Waals surface area contributed by atoms with E-state index in [0.717, 1.165) is 0 Å². The molecule has 0 aliphatic rings. The van der Waals surface area contributed by atoms with Crippen molar-refractivity contribution in [2.45, 2.75) is 4.90 Å². The van der Waals surface area contributed by atoms with Crippen molar-refractivity contribution in [3.05, 3.63) is 88.5 Å². The monoisotopic (exact) mass is 414 g/mol. The lowest BCUT2D eigenvalue weighted by Crippen LogP contribution is -2.13. The van der Waals surface area contributed by atoms with Crippen molar-refractivity contribution in [2.24, 2.45) is 0 Å². The van der Waals surface area contributed by atoms with Gasteiger partial charge in [-0.25, -0.2) is 13.2 Å². The summed E-state index contributed by atoms with van der Waals surface area (Å²) < 4.78 is 32.8. The van der Waals surface area contributed by atoms with Crippen molar-refractivity contribution in [1.82, 2.24) is 0 Å². The van der Waals surface area contributed by atoms with Gasteiger partial charge in [0.1, 0.15) is 11.5 Å².